The van der Waals surface area contributed by atoms with Crippen LogP contribution in [0.25, 0.3) is 5.70 Å². The molecule has 1 aliphatic carbocycles. The summed E-state index contributed by atoms with van der Waals surface area (Å²) in [7, 11) is 0. The number of carbonyl (C=O) groups excluding carboxylic acids is 2. The highest BCUT2D eigenvalue weighted by Gasteiger charge is 2.24. The zero-order valence-electron chi connectivity index (χ0n) is 16.6. The number of hydrogen-bond acceptors (Lipinski definition) is 4. The van der Waals surface area contributed by atoms with Crippen LogP contribution in [0.5, 0.6) is 0 Å². The lowest BCUT2D eigenvalue weighted by molar-refractivity contribution is -0.117. The van der Waals surface area contributed by atoms with E-state index in [1.54, 1.807) is 13.0 Å². The monoisotopic (exact) mass is 388 g/mol. The van der Waals surface area contributed by atoms with Gasteiger partial charge in [0.25, 0.3) is 11.8 Å². The van der Waals surface area contributed by atoms with Gasteiger partial charge in [0, 0.05) is 29.4 Å². The first-order chi connectivity index (χ1) is 13.2. The van der Waals surface area contributed by atoms with Crippen LogP contribution in [0.3, 0.4) is 0 Å². The highest BCUT2D eigenvalue weighted by Crippen LogP contribution is 2.23. The third kappa shape index (κ3) is 6.11. The summed E-state index contributed by atoms with van der Waals surface area (Å²) in [6.07, 6.45) is 5.57. The fraction of sp³-hybridized carbons (Fsp3) is 0.429. The van der Waals surface area contributed by atoms with E-state index in [0.717, 1.165) is 19.3 Å². The Morgan fingerprint density at radius 2 is 1.93 bits per heavy atom. The average Bonchev–Trinajstić information content (AvgIpc) is 3.44. The summed E-state index contributed by atoms with van der Waals surface area (Å²) in [6.45, 7) is 6.25. The summed E-state index contributed by atoms with van der Waals surface area (Å²) >= 11 is 0. The average molecular weight is 388 g/mol. The van der Waals surface area contributed by atoms with Gasteiger partial charge in [0.1, 0.15) is 5.82 Å². The number of nitrogens with two attached hydrogens (primary N) is 2. The topological polar surface area (TPSA) is 110 Å². The van der Waals surface area contributed by atoms with Gasteiger partial charge >= 0.3 is 0 Å². The van der Waals surface area contributed by atoms with Crippen LogP contribution in [0.4, 0.5) is 4.39 Å². The lowest BCUT2D eigenvalue weighted by atomic mass is 10.0. The second-order valence-corrected chi connectivity index (χ2v) is 7.56. The van der Waals surface area contributed by atoms with Crippen molar-refractivity contribution in [2.24, 2.45) is 17.4 Å². The Balaban J connectivity index is 2.14. The molecule has 0 aromatic heterocycles. The molecule has 0 saturated heterocycles. The third-order valence-electron chi connectivity index (χ3n) is 4.54. The summed E-state index contributed by atoms with van der Waals surface area (Å²) in [5.41, 5.74) is 13.0. The number of amides is 2. The van der Waals surface area contributed by atoms with E-state index in [0.29, 0.717) is 23.6 Å². The van der Waals surface area contributed by atoms with Gasteiger partial charge in [-0.25, -0.2) is 4.39 Å². The van der Waals surface area contributed by atoms with Crippen LogP contribution in [-0.4, -0.2) is 24.4 Å². The zero-order valence-corrected chi connectivity index (χ0v) is 16.6. The first kappa shape index (κ1) is 21.5. The normalized spacial score (nSPS) is 14.9. The van der Waals surface area contributed by atoms with E-state index >= 15 is 0 Å². The summed E-state index contributed by atoms with van der Waals surface area (Å²) in [5, 5.41) is 5.56. The molecule has 28 heavy (non-hydrogen) atoms. The lowest BCUT2D eigenvalue weighted by Gasteiger charge is -2.11. The Morgan fingerprint density at radius 1 is 1.25 bits per heavy atom. The fourth-order valence-electron chi connectivity index (χ4n) is 2.53. The van der Waals surface area contributed by atoms with Gasteiger partial charge in [-0.3, -0.25) is 9.59 Å². The van der Waals surface area contributed by atoms with E-state index in [-0.39, 0.29) is 34.8 Å². The Kier molecular flexibility index (Phi) is 7.20. The maximum atomic E-state index is 14.3. The largest absolute Gasteiger partial charge is 0.398 e. The van der Waals surface area contributed by atoms with Crippen LogP contribution >= 0.6 is 0 Å². The van der Waals surface area contributed by atoms with Gasteiger partial charge in [0.05, 0.1) is 5.70 Å². The molecule has 1 aromatic rings. The number of benzene rings is 1. The van der Waals surface area contributed by atoms with Crippen LogP contribution in [0.15, 0.2) is 30.0 Å². The highest BCUT2D eigenvalue weighted by molar-refractivity contribution is 5.96. The molecule has 0 aliphatic heterocycles. The van der Waals surface area contributed by atoms with Crippen molar-refractivity contribution in [3.63, 3.8) is 0 Å². The number of nitrogens with one attached hydrogen (secondary N) is 2. The van der Waals surface area contributed by atoms with Gasteiger partial charge in [-0.05, 0) is 62.0 Å². The minimum Gasteiger partial charge on any atom is -0.398 e. The molecule has 1 saturated carbocycles. The van der Waals surface area contributed by atoms with Crippen LogP contribution < -0.4 is 22.1 Å². The molecule has 0 radical (unpaired) electrons. The van der Waals surface area contributed by atoms with Gasteiger partial charge in [0.2, 0.25) is 0 Å². The molecule has 7 heteroatoms. The molecule has 1 aliphatic rings. The predicted octanol–water partition coefficient (Wildman–Crippen LogP) is 2.33. The molecule has 1 fully saturated rings. The summed E-state index contributed by atoms with van der Waals surface area (Å²) in [4.78, 5) is 24.2. The molecular weight excluding hydrogens is 359 g/mol. The van der Waals surface area contributed by atoms with Crippen LogP contribution in [-0.2, 0) is 4.79 Å². The SMILES string of the molecule is Cc1c(F)cc(C(=O)NC2CC2)cc1/C(N)=C/C=C(\N)C(=O)NCCC(C)C. The number of allylic oxidation sites excluding steroid dienone is 2. The lowest BCUT2D eigenvalue weighted by Crippen LogP contribution is -2.29. The van der Waals surface area contributed by atoms with Gasteiger partial charge in [-0.1, -0.05) is 13.8 Å². The van der Waals surface area contributed by atoms with E-state index in [4.69, 9.17) is 11.5 Å². The van der Waals surface area contributed by atoms with Gasteiger partial charge in [0.15, 0.2) is 0 Å². The van der Waals surface area contributed by atoms with Crippen LogP contribution in [0.1, 0.15) is 54.6 Å². The van der Waals surface area contributed by atoms with E-state index in [1.165, 1.54) is 18.2 Å². The van der Waals surface area contributed by atoms with Crippen molar-refractivity contribution in [2.45, 2.75) is 46.1 Å². The summed E-state index contributed by atoms with van der Waals surface area (Å²) in [5.74, 6) is -0.748. The van der Waals surface area contributed by atoms with Crippen molar-refractivity contribution in [1.82, 2.24) is 10.6 Å². The van der Waals surface area contributed by atoms with Crippen LogP contribution in [0, 0.1) is 18.7 Å². The van der Waals surface area contributed by atoms with Crippen LogP contribution in [0.2, 0.25) is 0 Å². The standard InChI is InChI=1S/C21H29FN4O2/c1-12(2)8-9-25-21(28)19(24)7-6-18(23)16-10-14(11-17(22)13(16)3)20(27)26-15-4-5-15/h6-7,10-12,15H,4-5,8-9,23-24H2,1-3H3,(H,25,28)(H,26,27)/b18-6-,19-7-. The molecule has 2 rings (SSSR count). The van der Waals surface area contributed by atoms with Gasteiger partial charge in [-0.15, -0.1) is 0 Å². The van der Waals surface area contributed by atoms with E-state index in [9.17, 15) is 14.0 Å². The Morgan fingerprint density at radius 3 is 2.54 bits per heavy atom. The summed E-state index contributed by atoms with van der Waals surface area (Å²) < 4.78 is 14.3. The van der Waals surface area contributed by atoms with Crippen molar-refractivity contribution in [3.05, 3.63) is 52.5 Å². The fourth-order valence-corrected chi connectivity index (χ4v) is 2.53. The second kappa shape index (κ2) is 9.39. The minimum absolute atomic E-state index is 0.00691. The molecule has 1 aromatic carbocycles. The Labute approximate surface area is 165 Å². The minimum atomic E-state index is -0.516. The van der Waals surface area contributed by atoms with E-state index in [1.807, 2.05) is 0 Å². The molecule has 0 heterocycles. The molecule has 6 N–H and O–H groups in total. The first-order valence-corrected chi connectivity index (χ1v) is 9.51. The Hall–Kier alpha value is -2.83. The molecule has 0 spiro atoms. The van der Waals surface area contributed by atoms with Crippen molar-refractivity contribution >= 4 is 17.5 Å². The van der Waals surface area contributed by atoms with Crippen molar-refractivity contribution in [1.29, 1.82) is 0 Å². The smallest absolute Gasteiger partial charge is 0.267 e. The van der Waals surface area contributed by atoms with E-state index < -0.39 is 5.82 Å². The van der Waals surface area contributed by atoms with Gasteiger partial charge < -0.3 is 22.1 Å². The predicted molar refractivity (Wildman–Crippen MR) is 109 cm³/mol. The molecule has 0 atom stereocenters. The number of halogens is 1. The van der Waals surface area contributed by atoms with Crippen molar-refractivity contribution in [2.75, 3.05) is 6.54 Å². The summed E-state index contributed by atoms with van der Waals surface area (Å²) in [6, 6.07) is 2.93. The molecule has 152 valence electrons. The first-order valence-electron chi connectivity index (χ1n) is 9.51. The highest BCUT2D eigenvalue weighted by atomic mass is 19.1. The number of hydrogen-bond donors (Lipinski definition) is 4. The molecule has 2 amide bonds. The van der Waals surface area contributed by atoms with Crippen molar-refractivity contribution < 1.29 is 14.0 Å². The maximum Gasteiger partial charge on any atom is 0.267 e. The van der Waals surface area contributed by atoms with E-state index in [2.05, 4.69) is 24.5 Å². The van der Waals surface area contributed by atoms with Gasteiger partial charge in [-0.2, -0.15) is 0 Å². The second-order valence-electron chi connectivity index (χ2n) is 7.56. The third-order valence-corrected chi connectivity index (χ3v) is 4.54. The Bertz CT molecular complexity index is 811. The van der Waals surface area contributed by atoms with Crippen molar-refractivity contribution in [3.8, 4) is 0 Å². The molecule has 0 bridgehead atoms. The maximum absolute atomic E-state index is 14.3. The quantitative estimate of drug-likeness (QED) is 0.405. The zero-order chi connectivity index (χ0) is 20.8. The number of carbonyl (C=O) groups is 2. The molecule has 6 nitrogen and oxygen atoms in total. The number of rotatable bonds is 8. The molecule has 0 unspecified atom stereocenters. The molecular formula is C21H29FN4O2.